The Morgan fingerprint density at radius 2 is 2.08 bits per heavy atom. The molecule has 0 aliphatic rings. The maximum absolute atomic E-state index is 5.42. The summed E-state index contributed by atoms with van der Waals surface area (Å²) in [6.07, 6.45) is 0.726. The van der Waals surface area contributed by atoms with Gasteiger partial charge in [0.25, 0.3) is 0 Å². The Balaban J connectivity index is 2.91. The molecular weight excluding hydrogens is 154 g/mol. The van der Waals surface area contributed by atoms with Gasteiger partial charge in [0.05, 0.1) is 5.54 Å². The molecule has 12 heavy (non-hydrogen) atoms. The molecule has 1 rings (SSSR count). The highest BCUT2D eigenvalue weighted by atomic mass is 15.6. The fraction of sp³-hybridized carbons (Fsp3) is 0.857. The van der Waals surface area contributed by atoms with E-state index in [1.807, 2.05) is 0 Å². The highest BCUT2D eigenvalue weighted by Gasteiger charge is 2.18. The van der Waals surface area contributed by atoms with Crippen LogP contribution in [0.15, 0.2) is 0 Å². The van der Waals surface area contributed by atoms with Gasteiger partial charge < -0.3 is 5.73 Å². The third-order valence-electron chi connectivity index (χ3n) is 1.54. The summed E-state index contributed by atoms with van der Waals surface area (Å²) in [5, 5.41) is 11.4. The molecule has 68 valence electrons. The monoisotopic (exact) mass is 169 g/mol. The molecule has 0 amide bonds. The summed E-state index contributed by atoms with van der Waals surface area (Å²) in [5.41, 5.74) is 5.36. The molecule has 0 atom stereocenters. The second kappa shape index (κ2) is 3.18. The Morgan fingerprint density at radius 3 is 2.58 bits per heavy atom. The van der Waals surface area contributed by atoms with Crippen LogP contribution in [0.5, 0.6) is 0 Å². The van der Waals surface area contributed by atoms with Crippen molar-refractivity contribution in [3.63, 3.8) is 0 Å². The van der Waals surface area contributed by atoms with Gasteiger partial charge in [0.2, 0.25) is 0 Å². The van der Waals surface area contributed by atoms with Crippen molar-refractivity contribution >= 4 is 0 Å². The molecule has 2 N–H and O–H groups in total. The second-order valence-corrected chi connectivity index (χ2v) is 3.72. The molecule has 0 saturated heterocycles. The number of hydrogen-bond acceptors (Lipinski definition) is 4. The van der Waals surface area contributed by atoms with E-state index >= 15 is 0 Å². The number of hydrogen-bond donors (Lipinski definition) is 1. The summed E-state index contributed by atoms with van der Waals surface area (Å²) in [6, 6.07) is 0. The quantitative estimate of drug-likeness (QED) is 0.672. The van der Waals surface area contributed by atoms with Crippen LogP contribution in [0.2, 0.25) is 0 Å². The summed E-state index contributed by atoms with van der Waals surface area (Å²) in [4.78, 5) is 0. The summed E-state index contributed by atoms with van der Waals surface area (Å²) >= 11 is 0. The van der Waals surface area contributed by atoms with E-state index in [-0.39, 0.29) is 5.54 Å². The van der Waals surface area contributed by atoms with Crippen LogP contribution >= 0.6 is 0 Å². The molecule has 0 aromatic carbocycles. The van der Waals surface area contributed by atoms with E-state index in [0.29, 0.717) is 6.54 Å². The molecule has 0 bridgehead atoms. The van der Waals surface area contributed by atoms with Crippen LogP contribution in [0.4, 0.5) is 0 Å². The Kier molecular flexibility index (Phi) is 2.42. The standard InChI is InChI=1S/C7H15N5/c1-7(2,3)12-6(4-5-8)9-10-11-12/h4-5,8H2,1-3H3. The van der Waals surface area contributed by atoms with Gasteiger partial charge in [-0.2, -0.15) is 0 Å². The van der Waals surface area contributed by atoms with Crippen LogP contribution in [0.25, 0.3) is 0 Å². The lowest BCUT2D eigenvalue weighted by atomic mass is 10.1. The van der Waals surface area contributed by atoms with Crippen molar-refractivity contribution in [3.8, 4) is 0 Å². The number of nitrogens with zero attached hydrogens (tertiary/aromatic N) is 4. The molecule has 1 heterocycles. The molecule has 0 aliphatic heterocycles. The van der Waals surface area contributed by atoms with Crippen LogP contribution in [0, 0.1) is 0 Å². The summed E-state index contributed by atoms with van der Waals surface area (Å²) in [7, 11) is 0. The van der Waals surface area contributed by atoms with Gasteiger partial charge in [-0.1, -0.05) is 0 Å². The Bertz CT molecular complexity index is 247. The van der Waals surface area contributed by atoms with Crippen molar-refractivity contribution in [3.05, 3.63) is 5.82 Å². The second-order valence-electron chi connectivity index (χ2n) is 3.72. The maximum Gasteiger partial charge on any atom is 0.153 e. The molecule has 0 radical (unpaired) electrons. The maximum atomic E-state index is 5.42. The highest BCUT2D eigenvalue weighted by molar-refractivity contribution is 4.87. The van der Waals surface area contributed by atoms with Crippen molar-refractivity contribution in [2.75, 3.05) is 6.54 Å². The summed E-state index contributed by atoms with van der Waals surface area (Å²) < 4.78 is 1.81. The largest absolute Gasteiger partial charge is 0.330 e. The molecule has 0 fully saturated rings. The highest BCUT2D eigenvalue weighted by Crippen LogP contribution is 2.12. The normalized spacial score (nSPS) is 12.0. The first-order valence-electron chi connectivity index (χ1n) is 4.03. The Hall–Kier alpha value is -0.970. The molecule has 5 nitrogen and oxygen atoms in total. The van der Waals surface area contributed by atoms with Gasteiger partial charge in [0.1, 0.15) is 0 Å². The number of rotatable bonds is 2. The van der Waals surface area contributed by atoms with Gasteiger partial charge in [-0.25, -0.2) is 4.68 Å². The molecule has 1 aromatic heterocycles. The first kappa shape index (κ1) is 9.12. The van der Waals surface area contributed by atoms with E-state index in [0.717, 1.165) is 12.2 Å². The first-order chi connectivity index (χ1) is 5.55. The minimum atomic E-state index is -0.0615. The fourth-order valence-corrected chi connectivity index (χ4v) is 1.01. The molecule has 0 saturated carbocycles. The number of aromatic nitrogens is 4. The van der Waals surface area contributed by atoms with Gasteiger partial charge in [-0.15, -0.1) is 5.10 Å². The molecule has 1 aromatic rings. The number of tetrazole rings is 1. The first-order valence-corrected chi connectivity index (χ1v) is 4.03. The van der Waals surface area contributed by atoms with Crippen molar-refractivity contribution < 1.29 is 0 Å². The lowest BCUT2D eigenvalue weighted by Crippen LogP contribution is -2.26. The van der Waals surface area contributed by atoms with Crippen LogP contribution in [-0.2, 0) is 12.0 Å². The van der Waals surface area contributed by atoms with E-state index in [4.69, 9.17) is 5.73 Å². The SMILES string of the molecule is CC(C)(C)n1nnnc1CCN. The van der Waals surface area contributed by atoms with Crippen LogP contribution in [-0.4, -0.2) is 26.8 Å². The van der Waals surface area contributed by atoms with Crippen molar-refractivity contribution in [2.45, 2.75) is 32.7 Å². The zero-order valence-corrected chi connectivity index (χ0v) is 7.78. The predicted octanol–water partition coefficient (Wildman–Crippen LogP) is -0.0707. The van der Waals surface area contributed by atoms with E-state index in [1.165, 1.54) is 0 Å². The fourth-order valence-electron chi connectivity index (χ4n) is 1.01. The van der Waals surface area contributed by atoms with Crippen molar-refractivity contribution in [2.24, 2.45) is 5.73 Å². The van der Waals surface area contributed by atoms with Gasteiger partial charge in [0, 0.05) is 6.42 Å². The Labute approximate surface area is 71.9 Å². The number of nitrogens with two attached hydrogens (primary N) is 1. The van der Waals surface area contributed by atoms with E-state index in [2.05, 4.69) is 36.3 Å². The molecular formula is C7H15N5. The zero-order chi connectivity index (χ0) is 9.19. The van der Waals surface area contributed by atoms with Crippen LogP contribution in [0.1, 0.15) is 26.6 Å². The van der Waals surface area contributed by atoms with E-state index < -0.39 is 0 Å². The van der Waals surface area contributed by atoms with E-state index in [1.54, 1.807) is 4.68 Å². The third kappa shape index (κ3) is 1.79. The van der Waals surface area contributed by atoms with Gasteiger partial charge in [0.15, 0.2) is 5.82 Å². The zero-order valence-electron chi connectivity index (χ0n) is 7.78. The third-order valence-corrected chi connectivity index (χ3v) is 1.54. The minimum absolute atomic E-state index is 0.0615. The average Bonchev–Trinajstić information content (AvgIpc) is 2.34. The molecule has 5 heteroatoms. The predicted molar refractivity (Wildman–Crippen MR) is 45.6 cm³/mol. The molecule has 0 aliphatic carbocycles. The lowest BCUT2D eigenvalue weighted by molar-refractivity contribution is 0.335. The summed E-state index contributed by atoms with van der Waals surface area (Å²) in [5.74, 6) is 0.852. The van der Waals surface area contributed by atoms with Crippen LogP contribution < -0.4 is 5.73 Å². The lowest BCUT2D eigenvalue weighted by Gasteiger charge is -2.19. The van der Waals surface area contributed by atoms with Crippen molar-refractivity contribution in [1.29, 1.82) is 0 Å². The topological polar surface area (TPSA) is 69.6 Å². The Morgan fingerprint density at radius 1 is 1.42 bits per heavy atom. The molecule has 0 unspecified atom stereocenters. The van der Waals surface area contributed by atoms with Gasteiger partial charge >= 0.3 is 0 Å². The summed E-state index contributed by atoms with van der Waals surface area (Å²) in [6.45, 7) is 6.76. The van der Waals surface area contributed by atoms with Gasteiger partial charge in [-0.05, 0) is 37.7 Å². The van der Waals surface area contributed by atoms with Crippen molar-refractivity contribution in [1.82, 2.24) is 20.2 Å². The van der Waals surface area contributed by atoms with Crippen LogP contribution in [0.3, 0.4) is 0 Å². The van der Waals surface area contributed by atoms with Gasteiger partial charge in [-0.3, -0.25) is 0 Å². The smallest absolute Gasteiger partial charge is 0.153 e. The molecule has 0 spiro atoms. The average molecular weight is 169 g/mol. The van der Waals surface area contributed by atoms with E-state index in [9.17, 15) is 0 Å². The minimum Gasteiger partial charge on any atom is -0.330 e.